The fourth-order valence-electron chi connectivity index (χ4n) is 5.19. The molecule has 290 valence electrons. The summed E-state index contributed by atoms with van der Waals surface area (Å²) in [4.78, 5) is 5.11. The number of hydrogen-bond donors (Lipinski definition) is 5. The lowest BCUT2D eigenvalue weighted by atomic mass is 10.1. The van der Waals surface area contributed by atoms with Crippen LogP contribution < -0.4 is 5.32 Å². The van der Waals surface area contributed by atoms with Crippen LogP contribution in [0, 0.1) is 18.9 Å². The molecule has 1 aromatic heterocycles. The number of halogens is 2. The number of aromatic nitrogens is 2. The van der Waals surface area contributed by atoms with Gasteiger partial charge in [-0.3, -0.25) is 9.11 Å². The second kappa shape index (κ2) is 16.9. The predicted molar refractivity (Wildman–Crippen MR) is 194 cm³/mol. The summed E-state index contributed by atoms with van der Waals surface area (Å²) < 4.78 is 105. The molecule has 0 amide bonds. The van der Waals surface area contributed by atoms with Crippen LogP contribution in [-0.4, -0.2) is 46.4 Å². The highest BCUT2D eigenvalue weighted by Crippen LogP contribution is 2.40. The molecular formula is C31H21F2N7O12S4. The van der Waals surface area contributed by atoms with Crippen LogP contribution >= 0.6 is 24.1 Å². The lowest BCUT2D eigenvalue weighted by molar-refractivity contribution is -0.432. The average molecular weight is 850 g/mol. The van der Waals surface area contributed by atoms with Gasteiger partial charge in [0, 0.05) is 43.1 Å². The third kappa shape index (κ3) is 9.61. The van der Waals surface area contributed by atoms with Crippen LogP contribution in [0.3, 0.4) is 0 Å². The van der Waals surface area contributed by atoms with Gasteiger partial charge in [0.05, 0.1) is 46.8 Å². The van der Waals surface area contributed by atoms with Gasteiger partial charge in [-0.1, -0.05) is 16.1 Å². The van der Waals surface area contributed by atoms with E-state index >= 15 is 0 Å². The summed E-state index contributed by atoms with van der Waals surface area (Å²) in [5, 5.41) is 44.3. The summed E-state index contributed by atoms with van der Waals surface area (Å²) in [7, 11) is -10.1. The normalized spacial score (nSPS) is 12.4. The number of fused-ring (bicyclic) bond motifs is 2. The highest BCUT2D eigenvalue weighted by Gasteiger charge is 2.23. The first-order valence-electron chi connectivity index (χ1n) is 15.0. The Balaban J connectivity index is 1.39. The van der Waals surface area contributed by atoms with E-state index in [1.165, 1.54) is 6.07 Å². The van der Waals surface area contributed by atoms with E-state index in [-0.39, 0.29) is 44.9 Å². The maximum absolute atomic E-state index is 13.5. The lowest BCUT2D eigenvalue weighted by Gasteiger charge is -2.11. The zero-order valence-corrected chi connectivity index (χ0v) is 30.9. The van der Waals surface area contributed by atoms with Gasteiger partial charge in [-0.05, 0) is 79.2 Å². The van der Waals surface area contributed by atoms with E-state index in [1.54, 1.807) is 49.4 Å². The summed E-state index contributed by atoms with van der Waals surface area (Å²) in [6, 6.07) is 17.6. The van der Waals surface area contributed by atoms with E-state index in [0.717, 1.165) is 30.3 Å². The number of nitrogens with one attached hydrogen (secondary N) is 1. The molecule has 25 heteroatoms. The number of azo groups is 2. The number of hydrogen-bond acceptors (Lipinski definition) is 19. The molecule has 0 fully saturated rings. The number of aryl methyl sites for hydroxylation is 1. The standard InChI is InChI=1S/C31H21F2N7O12S4/c1-15-8-16(34-30-14-29(32)35-31(33)36-30)2-5-24(15)38-40-25-6-7-26(21-11-18(53-51-49-41)3-4-20(21)25)39-37-17-9-22-23(27(10-17)55(43,44)45)12-19(54-52-50-42)13-28(22)56(46,47)48/h2-14,41-42H,1H3,(H,34,35,36)(H,43,44,45)(H,46,47,48). The molecule has 0 saturated carbocycles. The minimum absolute atomic E-state index is 0.0992. The first-order valence-corrected chi connectivity index (χ1v) is 19.3. The molecule has 0 aliphatic rings. The Labute approximate surface area is 321 Å². The van der Waals surface area contributed by atoms with E-state index < -0.39 is 42.1 Å². The molecule has 0 aliphatic heterocycles. The van der Waals surface area contributed by atoms with E-state index in [9.17, 15) is 34.7 Å². The molecule has 0 radical (unpaired) electrons. The van der Waals surface area contributed by atoms with Gasteiger partial charge >= 0.3 is 6.08 Å². The molecule has 0 bridgehead atoms. The van der Waals surface area contributed by atoms with Crippen molar-refractivity contribution in [2.24, 2.45) is 20.5 Å². The second-order valence-corrected chi connectivity index (χ2v) is 15.4. The first kappa shape index (κ1) is 40.5. The largest absolute Gasteiger partial charge is 0.340 e. The van der Waals surface area contributed by atoms with Gasteiger partial charge in [-0.25, -0.2) is 10.5 Å². The molecule has 0 unspecified atom stereocenters. The minimum Gasteiger partial charge on any atom is -0.340 e. The Morgan fingerprint density at radius 2 is 1.23 bits per heavy atom. The van der Waals surface area contributed by atoms with Crippen molar-refractivity contribution in [2.45, 2.75) is 26.5 Å². The van der Waals surface area contributed by atoms with Crippen LogP contribution in [-0.2, 0) is 39.0 Å². The molecular weight excluding hydrogens is 829 g/mol. The quantitative estimate of drug-likeness (QED) is 0.0130. The monoisotopic (exact) mass is 849 g/mol. The molecule has 0 atom stereocenters. The third-order valence-corrected chi connectivity index (χ3v) is 10.4. The Bertz CT molecular complexity index is 2760. The van der Waals surface area contributed by atoms with Crippen molar-refractivity contribution < 1.29 is 64.0 Å². The van der Waals surface area contributed by atoms with Crippen molar-refractivity contribution >= 4 is 100 Å². The lowest BCUT2D eigenvalue weighted by Crippen LogP contribution is -2.04. The topological polar surface area (TPSA) is 273 Å². The maximum atomic E-state index is 13.5. The van der Waals surface area contributed by atoms with Gasteiger partial charge in [-0.2, -0.15) is 45.8 Å². The maximum Gasteiger partial charge on any atom is 0.313 e. The molecule has 6 rings (SSSR count). The van der Waals surface area contributed by atoms with E-state index in [1.807, 2.05) is 0 Å². The van der Waals surface area contributed by atoms with Gasteiger partial charge in [0.15, 0.2) is 0 Å². The summed E-state index contributed by atoms with van der Waals surface area (Å²) in [6.45, 7) is 1.73. The number of benzene rings is 5. The van der Waals surface area contributed by atoms with Gasteiger partial charge < -0.3 is 5.32 Å². The van der Waals surface area contributed by atoms with Crippen molar-refractivity contribution in [1.29, 1.82) is 0 Å². The van der Waals surface area contributed by atoms with Crippen LogP contribution in [0.5, 0.6) is 0 Å². The molecule has 6 aromatic rings. The van der Waals surface area contributed by atoms with Crippen molar-refractivity contribution in [1.82, 2.24) is 9.97 Å². The van der Waals surface area contributed by atoms with Gasteiger partial charge in [0.25, 0.3) is 20.2 Å². The average Bonchev–Trinajstić information content (AvgIpc) is 3.13. The highest BCUT2D eigenvalue weighted by atomic mass is 32.2. The summed E-state index contributed by atoms with van der Waals surface area (Å²) >= 11 is 0.903. The SMILES string of the molecule is Cc1cc(Nc2cc(F)nc(F)n2)ccc1N=Nc1ccc(N=Nc2cc(S(=O)(=O)O)c3cc(SOOO)cc(S(=O)(=O)O)c3c2)c2cc(SOOO)ccc12. The van der Waals surface area contributed by atoms with E-state index in [2.05, 4.69) is 54.5 Å². The number of anilines is 2. The third-order valence-electron chi connectivity index (χ3n) is 7.45. The van der Waals surface area contributed by atoms with Gasteiger partial charge in [0.1, 0.15) is 15.6 Å². The molecule has 1 heterocycles. The van der Waals surface area contributed by atoms with Crippen LogP contribution in [0.2, 0.25) is 0 Å². The van der Waals surface area contributed by atoms with Crippen molar-refractivity contribution in [3.8, 4) is 0 Å². The number of rotatable bonds is 14. The molecule has 19 nitrogen and oxygen atoms in total. The fraction of sp³-hybridized carbons (Fsp3) is 0.0323. The zero-order valence-electron chi connectivity index (χ0n) is 27.6. The molecule has 0 spiro atoms. The number of nitrogens with zero attached hydrogens (tertiary/aromatic N) is 6. The molecule has 5 N–H and O–H groups in total. The summed E-state index contributed by atoms with van der Waals surface area (Å²) in [5.41, 5.74) is 1.74. The Morgan fingerprint density at radius 3 is 1.89 bits per heavy atom. The van der Waals surface area contributed by atoms with Crippen molar-refractivity contribution in [3.05, 3.63) is 96.5 Å². The predicted octanol–water partition coefficient (Wildman–Crippen LogP) is 9.29. The molecule has 0 saturated heterocycles. The fourth-order valence-corrected chi connectivity index (χ4v) is 7.54. The molecule has 5 aromatic carbocycles. The molecule has 56 heavy (non-hydrogen) atoms. The van der Waals surface area contributed by atoms with Crippen molar-refractivity contribution in [3.63, 3.8) is 0 Å². The first-order chi connectivity index (χ1) is 26.6. The Kier molecular flexibility index (Phi) is 12.2. The summed E-state index contributed by atoms with van der Waals surface area (Å²) in [5.74, 6) is -1.15. The van der Waals surface area contributed by atoms with Crippen LogP contribution in [0.25, 0.3) is 21.5 Å². The van der Waals surface area contributed by atoms with Crippen LogP contribution in [0.15, 0.2) is 119 Å². The smallest absolute Gasteiger partial charge is 0.313 e. The second-order valence-electron chi connectivity index (χ2n) is 11.0. The zero-order chi connectivity index (χ0) is 40.2. The Morgan fingerprint density at radius 1 is 0.643 bits per heavy atom. The van der Waals surface area contributed by atoms with Crippen LogP contribution in [0.4, 0.5) is 43.0 Å². The van der Waals surface area contributed by atoms with E-state index in [4.69, 9.17) is 10.5 Å². The Hall–Kier alpha value is -5.16. The van der Waals surface area contributed by atoms with Gasteiger partial charge in [0.2, 0.25) is 5.95 Å². The van der Waals surface area contributed by atoms with Crippen LogP contribution in [0.1, 0.15) is 5.56 Å². The van der Waals surface area contributed by atoms with Gasteiger partial charge in [-0.15, -0.1) is 18.9 Å². The highest BCUT2D eigenvalue weighted by molar-refractivity contribution is 7.94. The minimum atomic E-state index is -5.06. The molecule has 0 aliphatic carbocycles. The summed E-state index contributed by atoms with van der Waals surface area (Å²) in [6.07, 6.45) is -1.24. The van der Waals surface area contributed by atoms with E-state index in [0.29, 0.717) is 50.3 Å². The van der Waals surface area contributed by atoms with Crippen molar-refractivity contribution in [2.75, 3.05) is 5.32 Å².